The number of alkyl halides is 3. The zero-order valence-electron chi connectivity index (χ0n) is 13.1. The third kappa shape index (κ3) is 6.43. The van der Waals surface area contributed by atoms with Crippen LogP contribution in [0.4, 0.5) is 13.2 Å². The highest BCUT2D eigenvalue weighted by Gasteiger charge is 2.34. The lowest BCUT2D eigenvalue weighted by molar-refractivity contribution is -0.143. The minimum atomic E-state index is -4.15. The molecule has 1 aromatic rings. The van der Waals surface area contributed by atoms with Crippen molar-refractivity contribution in [2.45, 2.75) is 32.1 Å². The maximum Gasteiger partial charge on any atom is 0.401 e. The van der Waals surface area contributed by atoms with Crippen molar-refractivity contribution in [3.05, 3.63) is 30.1 Å². The number of pyridine rings is 1. The van der Waals surface area contributed by atoms with Crippen molar-refractivity contribution >= 4 is 5.96 Å². The SMILES string of the molecule is CCNC(=NCc1ccccn1)NC1CCN(CC(F)(F)F)C1. The first-order chi connectivity index (χ1) is 11.0. The summed E-state index contributed by atoms with van der Waals surface area (Å²) in [5, 5.41) is 6.32. The summed E-state index contributed by atoms with van der Waals surface area (Å²) in [6.07, 6.45) is -1.77. The summed E-state index contributed by atoms with van der Waals surface area (Å²) in [6.45, 7) is 3.02. The third-order valence-electron chi connectivity index (χ3n) is 3.49. The molecule has 0 aromatic carbocycles. The van der Waals surface area contributed by atoms with Gasteiger partial charge in [0.25, 0.3) is 0 Å². The van der Waals surface area contributed by atoms with E-state index < -0.39 is 12.7 Å². The minimum Gasteiger partial charge on any atom is -0.357 e. The second-order valence-corrected chi connectivity index (χ2v) is 5.50. The summed E-state index contributed by atoms with van der Waals surface area (Å²) >= 11 is 0. The van der Waals surface area contributed by atoms with Crippen LogP contribution in [-0.4, -0.2) is 54.2 Å². The number of hydrogen-bond acceptors (Lipinski definition) is 3. The molecule has 1 fully saturated rings. The predicted octanol–water partition coefficient (Wildman–Crippen LogP) is 1.77. The lowest BCUT2D eigenvalue weighted by Gasteiger charge is -2.19. The Bertz CT molecular complexity index is 504. The van der Waals surface area contributed by atoms with E-state index in [9.17, 15) is 13.2 Å². The van der Waals surface area contributed by atoms with Gasteiger partial charge in [0.2, 0.25) is 0 Å². The quantitative estimate of drug-likeness (QED) is 0.639. The summed E-state index contributed by atoms with van der Waals surface area (Å²) in [6, 6.07) is 5.58. The molecule has 1 atom stereocenters. The lowest BCUT2D eigenvalue weighted by Crippen LogP contribution is -2.45. The molecular weight excluding hydrogens is 307 g/mol. The maximum absolute atomic E-state index is 12.4. The van der Waals surface area contributed by atoms with Crippen molar-refractivity contribution in [3.8, 4) is 0 Å². The fourth-order valence-corrected chi connectivity index (χ4v) is 2.51. The van der Waals surface area contributed by atoms with Crippen LogP contribution in [0, 0.1) is 0 Å². The van der Waals surface area contributed by atoms with Gasteiger partial charge in [0.05, 0.1) is 18.8 Å². The molecule has 23 heavy (non-hydrogen) atoms. The molecule has 0 amide bonds. The van der Waals surface area contributed by atoms with Crippen molar-refractivity contribution in [3.63, 3.8) is 0 Å². The Hall–Kier alpha value is -1.83. The molecule has 0 spiro atoms. The van der Waals surface area contributed by atoms with Gasteiger partial charge in [-0.05, 0) is 25.5 Å². The average molecular weight is 329 g/mol. The van der Waals surface area contributed by atoms with E-state index >= 15 is 0 Å². The van der Waals surface area contributed by atoms with Crippen LogP contribution in [0.25, 0.3) is 0 Å². The van der Waals surface area contributed by atoms with Crippen LogP contribution in [0.3, 0.4) is 0 Å². The van der Waals surface area contributed by atoms with Crippen LogP contribution in [0.15, 0.2) is 29.4 Å². The fourth-order valence-electron chi connectivity index (χ4n) is 2.51. The molecule has 8 heteroatoms. The van der Waals surface area contributed by atoms with E-state index in [2.05, 4.69) is 20.6 Å². The molecule has 0 aliphatic carbocycles. The highest BCUT2D eigenvalue weighted by atomic mass is 19.4. The van der Waals surface area contributed by atoms with Crippen LogP contribution in [0.1, 0.15) is 19.0 Å². The van der Waals surface area contributed by atoms with E-state index in [1.807, 2.05) is 25.1 Å². The maximum atomic E-state index is 12.4. The monoisotopic (exact) mass is 329 g/mol. The molecule has 0 saturated carbocycles. The van der Waals surface area contributed by atoms with Crippen LogP contribution in [-0.2, 0) is 6.54 Å². The Morgan fingerprint density at radius 3 is 2.91 bits per heavy atom. The Balaban J connectivity index is 1.87. The molecule has 2 N–H and O–H groups in total. The first-order valence-corrected chi connectivity index (χ1v) is 7.70. The number of halogens is 3. The Labute approximate surface area is 134 Å². The van der Waals surface area contributed by atoms with Crippen LogP contribution < -0.4 is 10.6 Å². The molecule has 1 unspecified atom stereocenters. The van der Waals surface area contributed by atoms with Gasteiger partial charge in [-0.2, -0.15) is 13.2 Å². The second kappa shape index (κ2) is 8.14. The van der Waals surface area contributed by atoms with Gasteiger partial charge in [-0.1, -0.05) is 6.07 Å². The normalized spacial score (nSPS) is 19.8. The van der Waals surface area contributed by atoms with Crippen molar-refractivity contribution in [2.75, 3.05) is 26.2 Å². The summed E-state index contributed by atoms with van der Waals surface area (Å²) in [5.74, 6) is 0.608. The van der Waals surface area contributed by atoms with Crippen molar-refractivity contribution in [2.24, 2.45) is 4.99 Å². The summed E-state index contributed by atoms with van der Waals surface area (Å²) in [5.41, 5.74) is 0.842. The van der Waals surface area contributed by atoms with E-state index in [1.165, 1.54) is 4.90 Å². The first kappa shape index (κ1) is 17.5. The van der Waals surface area contributed by atoms with Gasteiger partial charge in [-0.3, -0.25) is 9.88 Å². The molecule has 1 saturated heterocycles. The van der Waals surface area contributed by atoms with Crippen LogP contribution in [0.5, 0.6) is 0 Å². The Kier molecular flexibility index (Phi) is 6.20. The lowest BCUT2D eigenvalue weighted by atomic mass is 10.3. The highest BCUT2D eigenvalue weighted by Crippen LogP contribution is 2.19. The number of rotatable bonds is 5. The smallest absolute Gasteiger partial charge is 0.357 e. The number of guanidine groups is 1. The summed E-state index contributed by atoms with van der Waals surface area (Å²) in [4.78, 5) is 10.1. The topological polar surface area (TPSA) is 52.6 Å². The zero-order chi connectivity index (χ0) is 16.7. The van der Waals surface area contributed by atoms with Crippen LogP contribution in [0.2, 0.25) is 0 Å². The number of aliphatic imine (C=N–C) groups is 1. The van der Waals surface area contributed by atoms with Gasteiger partial charge in [0, 0.05) is 31.9 Å². The summed E-state index contributed by atoms with van der Waals surface area (Å²) in [7, 11) is 0. The Morgan fingerprint density at radius 1 is 1.43 bits per heavy atom. The predicted molar refractivity (Wildman–Crippen MR) is 83.1 cm³/mol. The van der Waals surface area contributed by atoms with E-state index in [4.69, 9.17) is 0 Å². The third-order valence-corrected chi connectivity index (χ3v) is 3.49. The van der Waals surface area contributed by atoms with Gasteiger partial charge in [-0.15, -0.1) is 0 Å². The molecule has 2 heterocycles. The number of likely N-dealkylation sites (tertiary alicyclic amines) is 1. The molecule has 1 aromatic heterocycles. The van der Waals surface area contributed by atoms with Gasteiger partial charge >= 0.3 is 6.18 Å². The number of nitrogens with zero attached hydrogens (tertiary/aromatic N) is 3. The molecule has 1 aliphatic heterocycles. The molecule has 0 radical (unpaired) electrons. The van der Waals surface area contributed by atoms with E-state index in [-0.39, 0.29) is 6.04 Å². The zero-order valence-corrected chi connectivity index (χ0v) is 13.1. The molecule has 0 bridgehead atoms. The van der Waals surface area contributed by atoms with E-state index in [0.717, 1.165) is 5.69 Å². The number of nitrogens with one attached hydrogen (secondary N) is 2. The van der Waals surface area contributed by atoms with Gasteiger partial charge in [0.1, 0.15) is 0 Å². The standard InChI is InChI=1S/C15H22F3N5/c1-2-19-14(21-9-12-5-3-4-7-20-12)22-13-6-8-23(10-13)11-15(16,17)18/h3-5,7,13H,2,6,8-11H2,1H3,(H2,19,21,22). The number of hydrogen-bond donors (Lipinski definition) is 2. The van der Waals surface area contributed by atoms with E-state index in [0.29, 0.717) is 38.6 Å². The molecule has 5 nitrogen and oxygen atoms in total. The molecule has 2 rings (SSSR count). The van der Waals surface area contributed by atoms with Crippen molar-refractivity contribution in [1.29, 1.82) is 0 Å². The first-order valence-electron chi connectivity index (χ1n) is 7.70. The van der Waals surface area contributed by atoms with Gasteiger partial charge in [-0.25, -0.2) is 4.99 Å². The molecular formula is C15H22F3N5. The van der Waals surface area contributed by atoms with E-state index in [1.54, 1.807) is 6.20 Å². The molecule has 1 aliphatic rings. The van der Waals surface area contributed by atoms with Gasteiger partial charge in [0.15, 0.2) is 5.96 Å². The number of aromatic nitrogens is 1. The van der Waals surface area contributed by atoms with Gasteiger partial charge < -0.3 is 10.6 Å². The minimum absolute atomic E-state index is 0.0288. The Morgan fingerprint density at radius 2 is 2.26 bits per heavy atom. The summed E-state index contributed by atoms with van der Waals surface area (Å²) < 4.78 is 37.3. The van der Waals surface area contributed by atoms with Crippen molar-refractivity contribution < 1.29 is 13.2 Å². The average Bonchev–Trinajstić information content (AvgIpc) is 2.91. The largest absolute Gasteiger partial charge is 0.401 e. The fraction of sp³-hybridized carbons (Fsp3) is 0.600. The highest BCUT2D eigenvalue weighted by molar-refractivity contribution is 5.80. The van der Waals surface area contributed by atoms with Crippen LogP contribution >= 0.6 is 0 Å². The van der Waals surface area contributed by atoms with Crippen molar-refractivity contribution in [1.82, 2.24) is 20.5 Å². The molecule has 128 valence electrons. The second-order valence-electron chi connectivity index (χ2n) is 5.50.